The molecule has 0 unspecified atom stereocenters. The van der Waals surface area contributed by atoms with E-state index < -0.39 is 0 Å². The molecule has 4 nitrogen and oxygen atoms in total. The third-order valence-corrected chi connectivity index (χ3v) is 10.1. The summed E-state index contributed by atoms with van der Waals surface area (Å²) in [5, 5.41) is 2.09. The summed E-state index contributed by atoms with van der Waals surface area (Å²) in [5.41, 5.74) is 13.6. The van der Waals surface area contributed by atoms with Crippen LogP contribution in [0.2, 0.25) is 0 Å². The number of rotatable bonds is 7. The number of hydrogen-bond acceptors (Lipinski definition) is 4. The van der Waals surface area contributed by atoms with Crippen LogP contribution in [0.3, 0.4) is 0 Å². The number of fused-ring (bicyclic) bond motifs is 3. The predicted molar refractivity (Wildman–Crippen MR) is 225 cm³/mol. The van der Waals surface area contributed by atoms with Crippen LogP contribution in [0.4, 0.5) is 0 Å². The molecule has 3 aromatic heterocycles. The molecule has 10 rings (SSSR count). The Hall–Kier alpha value is -7.43. The van der Waals surface area contributed by atoms with Crippen molar-refractivity contribution in [1.29, 1.82) is 0 Å². The Labute approximate surface area is 319 Å². The van der Waals surface area contributed by atoms with Gasteiger partial charge in [-0.05, 0) is 34.9 Å². The minimum Gasteiger partial charge on any atom is -0.453 e. The molecule has 0 aliphatic carbocycles. The lowest BCUT2D eigenvalue weighted by Gasteiger charge is -2.11. The minimum atomic E-state index is 0.687. The average Bonchev–Trinajstić information content (AvgIpc) is 3.68. The van der Waals surface area contributed by atoms with Crippen molar-refractivity contribution in [1.82, 2.24) is 15.0 Å². The van der Waals surface area contributed by atoms with Crippen LogP contribution in [0.1, 0.15) is 0 Å². The number of pyridine rings is 1. The van der Waals surface area contributed by atoms with Crippen molar-refractivity contribution in [3.05, 3.63) is 200 Å². The quantitative estimate of drug-likeness (QED) is 0.166. The van der Waals surface area contributed by atoms with Crippen LogP contribution in [-0.4, -0.2) is 15.0 Å². The monoisotopic (exact) mass is 703 g/mol. The molecule has 0 saturated heterocycles. The molecule has 0 radical (unpaired) electrons. The van der Waals surface area contributed by atoms with E-state index in [1.165, 1.54) is 0 Å². The molecule has 0 aliphatic heterocycles. The van der Waals surface area contributed by atoms with Gasteiger partial charge in [-0.2, -0.15) is 0 Å². The van der Waals surface area contributed by atoms with Gasteiger partial charge in [0.05, 0.1) is 16.9 Å². The highest BCUT2D eigenvalue weighted by atomic mass is 16.3. The van der Waals surface area contributed by atoms with E-state index in [9.17, 15) is 0 Å². The first-order valence-corrected chi connectivity index (χ1v) is 18.4. The SMILES string of the molecule is c1ccc(-c2cccc(-c3c(-c4ccc(-c5cc(-c6ccccc6)nc(-c6ccccc6)n5)cc4)oc4c(-c5ccccc5)nc5ccccc5c34)c2)cc1. The van der Waals surface area contributed by atoms with E-state index in [0.29, 0.717) is 5.82 Å². The highest BCUT2D eigenvalue weighted by Crippen LogP contribution is 2.47. The lowest BCUT2D eigenvalue weighted by Crippen LogP contribution is -1.95. The van der Waals surface area contributed by atoms with Crippen LogP contribution in [0.25, 0.3) is 101 Å². The second-order valence-corrected chi connectivity index (χ2v) is 13.6. The summed E-state index contributed by atoms with van der Waals surface area (Å²) in [6.45, 7) is 0. The van der Waals surface area contributed by atoms with Gasteiger partial charge in [0.2, 0.25) is 0 Å². The molecule has 0 aliphatic rings. The Kier molecular flexibility index (Phi) is 8.12. The maximum atomic E-state index is 7.09. The maximum Gasteiger partial charge on any atom is 0.162 e. The van der Waals surface area contributed by atoms with Gasteiger partial charge in [0.25, 0.3) is 0 Å². The highest BCUT2D eigenvalue weighted by Gasteiger charge is 2.24. The van der Waals surface area contributed by atoms with E-state index in [4.69, 9.17) is 19.4 Å². The highest BCUT2D eigenvalue weighted by molar-refractivity contribution is 6.18. The molecule has 0 bridgehead atoms. The van der Waals surface area contributed by atoms with Gasteiger partial charge in [0.15, 0.2) is 11.4 Å². The van der Waals surface area contributed by atoms with Crippen LogP contribution in [0.15, 0.2) is 205 Å². The summed E-state index contributed by atoms with van der Waals surface area (Å²) in [5.74, 6) is 1.48. The fraction of sp³-hybridized carbons (Fsp3) is 0. The maximum absolute atomic E-state index is 7.09. The fourth-order valence-electron chi connectivity index (χ4n) is 7.42. The largest absolute Gasteiger partial charge is 0.453 e. The molecule has 0 saturated carbocycles. The zero-order valence-corrected chi connectivity index (χ0v) is 29.8. The number of nitrogens with zero attached hydrogens (tertiary/aromatic N) is 3. The molecule has 0 amide bonds. The summed E-state index contributed by atoms with van der Waals surface area (Å²) in [4.78, 5) is 15.3. The second kappa shape index (κ2) is 13.8. The summed E-state index contributed by atoms with van der Waals surface area (Å²) >= 11 is 0. The van der Waals surface area contributed by atoms with Crippen molar-refractivity contribution < 1.29 is 4.42 Å². The van der Waals surface area contributed by atoms with Gasteiger partial charge in [0.1, 0.15) is 11.5 Å². The summed E-state index contributed by atoms with van der Waals surface area (Å²) in [6, 6.07) is 69.0. The molecule has 7 aromatic carbocycles. The molecular weight excluding hydrogens is 671 g/mol. The Morgan fingerprint density at radius 3 is 1.53 bits per heavy atom. The number of aromatic nitrogens is 3. The lowest BCUT2D eigenvalue weighted by atomic mass is 9.93. The number of hydrogen-bond donors (Lipinski definition) is 0. The van der Waals surface area contributed by atoms with Crippen molar-refractivity contribution in [2.75, 3.05) is 0 Å². The molecule has 0 N–H and O–H groups in total. The van der Waals surface area contributed by atoms with E-state index >= 15 is 0 Å². The first kappa shape index (κ1) is 32.2. The van der Waals surface area contributed by atoms with Gasteiger partial charge >= 0.3 is 0 Å². The van der Waals surface area contributed by atoms with Crippen LogP contribution in [-0.2, 0) is 0 Å². The van der Waals surface area contributed by atoms with E-state index in [2.05, 4.69) is 140 Å². The summed E-state index contributed by atoms with van der Waals surface area (Å²) in [7, 11) is 0. The Morgan fingerprint density at radius 2 is 0.855 bits per heavy atom. The van der Waals surface area contributed by atoms with E-state index in [-0.39, 0.29) is 0 Å². The number of benzene rings is 7. The average molecular weight is 704 g/mol. The van der Waals surface area contributed by atoms with E-state index in [1.54, 1.807) is 0 Å². The Morgan fingerprint density at radius 1 is 0.345 bits per heavy atom. The van der Waals surface area contributed by atoms with Crippen molar-refractivity contribution in [3.8, 4) is 78.7 Å². The molecule has 10 aromatic rings. The molecule has 0 fully saturated rings. The summed E-state index contributed by atoms with van der Waals surface area (Å²) < 4.78 is 7.09. The van der Waals surface area contributed by atoms with Gasteiger partial charge < -0.3 is 4.42 Å². The van der Waals surface area contributed by atoms with Gasteiger partial charge in [0, 0.05) is 44.2 Å². The van der Waals surface area contributed by atoms with Crippen molar-refractivity contribution >= 4 is 21.9 Å². The fourth-order valence-corrected chi connectivity index (χ4v) is 7.42. The molecule has 258 valence electrons. The van der Waals surface area contributed by atoms with Gasteiger partial charge in [-0.1, -0.05) is 182 Å². The van der Waals surface area contributed by atoms with Gasteiger partial charge in [-0.25, -0.2) is 15.0 Å². The normalized spacial score (nSPS) is 11.3. The minimum absolute atomic E-state index is 0.687. The first-order valence-electron chi connectivity index (χ1n) is 18.4. The number of para-hydroxylation sites is 1. The Bertz CT molecular complexity index is 2880. The van der Waals surface area contributed by atoms with E-state index in [0.717, 1.165) is 94.8 Å². The van der Waals surface area contributed by atoms with Crippen LogP contribution in [0, 0.1) is 0 Å². The smallest absolute Gasteiger partial charge is 0.162 e. The Balaban J connectivity index is 1.18. The zero-order valence-electron chi connectivity index (χ0n) is 29.8. The zero-order chi connectivity index (χ0) is 36.6. The van der Waals surface area contributed by atoms with Gasteiger partial charge in [-0.3, -0.25) is 0 Å². The molecule has 0 atom stereocenters. The van der Waals surface area contributed by atoms with Crippen LogP contribution >= 0.6 is 0 Å². The lowest BCUT2D eigenvalue weighted by molar-refractivity contribution is 0.632. The van der Waals surface area contributed by atoms with Gasteiger partial charge in [-0.15, -0.1) is 0 Å². The van der Waals surface area contributed by atoms with Crippen molar-refractivity contribution in [3.63, 3.8) is 0 Å². The van der Waals surface area contributed by atoms with Crippen LogP contribution < -0.4 is 0 Å². The topological polar surface area (TPSA) is 51.8 Å². The third kappa shape index (κ3) is 6.06. The molecule has 55 heavy (non-hydrogen) atoms. The molecular formula is C51H33N3O. The standard InChI is InChI=1S/C51H33N3O/c1-5-16-34(17-6-1)40-24-15-25-41(32-40)46-47-42-26-13-14-27-43(42)52-48(37-20-9-3-10-21-37)50(47)55-49(46)38-30-28-36(29-31-38)45-33-44(35-18-7-2-8-19-35)53-51(54-45)39-22-11-4-12-23-39/h1-33H. The molecule has 3 heterocycles. The predicted octanol–water partition coefficient (Wildman–Crippen LogP) is 13.4. The molecule has 4 heteroatoms. The summed E-state index contributed by atoms with van der Waals surface area (Å²) in [6.07, 6.45) is 0. The number of furan rings is 1. The molecule has 0 spiro atoms. The second-order valence-electron chi connectivity index (χ2n) is 13.6. The van der Waals surface area contributed by atoms with Crippen LogP contribution in [0.5, 0.6) is 0 Å². The van der Waals surface area contributed by atoms with Crippen molar-refractivity contribution in [2.24, 2.45) is 0 Å². The van der Waals surface area contributed by atoms with E-state index in [1.807, 2.05) is 60.7 Å². The van der Waals surface area contributed by atoms with Crippen molar-refractivity contribution in [2.45, 2.75) is 0 Å². The first-order chi connectivity index (χ1) is 27.3. The third-order valence-electron chi connectivity index (χ3n) is 10.1.